The van der Waals surface area contributed by atoms with Crippen LogP contribution in [0.5, 0.6) is 0 Å². The fraction of sp³-hybridized carbons (Fsp3) is 0.250. The SMILES string of the molecule is NCCCc1c(N)nn(-c2ccc(Cl)cc2)c1N. The minimum atomic E-state index is 0.455. The summed E-state index contributed by atoms with van der Waals surface area (Å²) in [5.41, 5.74) is 19.1. The molecule has 0 bridgehead atoms. The zero-order chi connectivity index (χ0) is 13.1. The smallest absolute Gasteiger partial charge is 0.151 e. The summed E-state index contributed by atoms with van der Waals surface area (Å²) >= 11 is 5.84. The molecule has 0 saturated heterocycles. The van der Waals surface area contributed by atoms with E-state index in [0.717, 1.165) is 24.1 Å². The second kappa shape index (κ2) is 5.29. The second-order valence-corrected chi connectivity index (χ2v) is 4.47. The standard InChI is InChI=1S/C12H16ClN5/c13-8-3-5-9(6-4-8)18-12(16)10(2-1-7-14)11(15)17-18/h3-6H,1-2,7,14,16H2,(H2,15,17). The Balaban J connectivity index is 2.37. The Kier molecular flexibility index (Phi) is 3.74. The average molecular weight is 266 g/mol. The molecular formula is C12H16ClN5. The highest BCUT2D eigenvalue weighted by Crippen LogP contribution is 2.24. The van der Waals surface area contributed by atoms with E-state index in [9.17, 15) is 0 Å². The van der Waals surface area contributed by atoms with Gasteiger partial charge in [-0.3, -0.25) is 0 Å². The van der Waals surface area contributed by atoms with Crippen molar-refractivity contribution in [3.05, 3.63) is 34.9 Å². The highest BCUT2D eigenvalue weighted by molar-refractivity contribution is 6.30. The molecule has 0 aliphatic rings. The van der Waals surface area contributed by atoms with E-state index >= 15 is 0 Å². The number of nitrogen functional groups attached to an aromatic ring is 2. The van der Waals surface area contributed by atoms with Gasteiger partial charge in [0.05, 0.1) is 5.69 Å². The summed E-state index contributed by atoms with van der Waals surface area (Å²) in [5.74, 6) is 1.01. The largest absolute Gasteiger partial charge is 0.383 e. The molecule has 18 heavy (non-hydrogen) atoms. The molecule has 0 unspecified atom stereocenters. The number of nitrogens with zero attached hydrogens (tertiary/aromatic N) is 2. The van der Waals surface area contributed by atoms with Crippen molar-refractivity contribution in [2.45, 2.75) is 12.8 Å². The number of rotatable bonds is 4. The maximum atomic E-state index is 6.06. The van der Waals surface area contributed by atoms with Crippen LogP contribution in [0.1, 0.15) is 12.0 Å². The molecular weight excluding hydrogens is 250 g/mol. The minimum Gasteiger partial charge on any atom is -0.383 e. The fourth-order valence-electron chi connectivity index (χ4n) is 1.80. The normalized spacial score (nSPS) is 10.8. The highest BCUT2D eigenvalue weighted by Gasteiger charge is 2.13. The number of benzene rings is 1. The number of aromatic nitrogens is 2. The number of anilines is 2. The fourth-order valence-corrected chi connectivity index (χ4v) is 1.92. The van der Waals surface area contributed by atoms with Gasteiger partial charge >= 0.3 is 0 Å². The van der Waals surface area contributed by atoms with Crippen LogP contribution in [-0.4, -0.2) is 16.3 Å². The van der Waals surface area contributed by atoms with Gasteiger partial charge in [0, 0.05) is 10.6 Å². The quantitative estimate of drug-likeness (QED) is 0.782. The van der Waals surface area contributed by atoms with E-state index in [2.05, 4.69) is 5.10 Å². The summed E-state index contributed by atoms with van der Waals surface area (Å²) in [6.45, 7) is 0.602. The molecule has 0 amide bonds. The lowest BCUT2D eigenvalue weighted by atomic mass is 10.1. The van der Waals surface area contributed by atoms with Crippen LogP contribution >= 0.6 is 11.6 Å². The maximum Gasteiger partial charge on any atom is 0.151 e. The first-order valence-electron chi connectivity index (χ1n) is 5.72. The lowest BCUT2D eigenvalue weighted by Crippen LogP contribution is -2.05. The third-order valence-electron chi connectivity index (χ3n) is 2.76. The summed E-state index contributed by atoms with van der Waals surface area (Å²) in [6.07, 6.45) is 1.57. The summed E-state index contributed by atoms with van der Waals surface area (Å²) in [5, 5.41) is 4.92. The Morgan fingerprint density at radius 2 is 1.83 bits per heavy atom. The average Bonchev–Trinajstić information content (AvgIpc) is 2.64. The van der Waals surface area contributed by atoms with Crippen LogP contribution in [0.2, 0.25) is 5.02 Å². The molecule has 1 aromatic heterocycles. The van der Waals surface area contributed by atoms with Gasteiger partial charge in [-0.2, -0.15) is 0 Å². The van der Waals surface area contributed by atoms with Crippen molar-refractivity contribution < 1.29 is 0 Å². The van der Waals surface area contributed by atoms with Crippen molar-refractivity contribution in [1.82, 2.24) is 9.78 Å². The monoisotopic (exact) mass is 265 g/mol. The lowest BCUT2D eigenvalue weighted by Gasteiger charge is -2.04. The predicted molar refractivity (Wildman–Crippen MR) is 74.8 cm³/mol. The highest BCUT2D eigenvalue weighted by atomic mass is 35.5. The second-order valence-electron chi connectivity index (χ2n) is 4.03. The summed E-state index contributed by atoms with van der Waals surface area (Å²) in [6, 6.07) is 7.26. The first kappa shape index (κ1) is 12.7. The van der Waals surface area contributed by atoms with Crippen molar-refractivity contribution in [3.8, 4) is 5.69 Å². The van der Waals surface area contributed by atoms with Crippen LogP contribution in [0.3, 0.4) is 0 Å². The molecule has 6 heteroatoms. The summed E-state index contributed by atoms with van der Waals surface area (Å²) in [4.78, 5) is 0. The van der Waals surface area contributed by atoms with Gasteiger partial charge in [-0.15, -0.1) is 5.10 Å². The number of hydrogen-bond acceptors (Lipinski definition) is 4. The molecule has 0 radical (unpaired) electrons. The molecule has 2 aromatic rings. The molecule has 0 spiro atoms. The molecule has 1 aromatic carbocycles. The van der Waals surface area contributed by atoms with Gasteiger partial charge in [-0.05, 0) is 43.7 Å². The van der Waals surface area contributed by atoms with E-state index in [0.29, 0.717) is 23.2 Å². The molecule has 6 N–H and O–H groups in total. The number of halogens is 1. The van der Waals surface area contributed by atoms with Crippen molar-refractivity contribution >= 4 is 23.2 Å². The minimum absolute atomic E-state index is 0.455. The van der Waals surface area contributed by atoms with E-state index < -0.39 is 0 Å². The van der Waals surface area contributed by atoms with E-state index in [4.69, 9.17) is 28.8 Å². The summed E-state index contributed by atoms with van der Waals surface area (Å²) in [7, 11) is 0. The predicted octanol–water partition coefficient (Wildman–Crippen LogP) is 1.58. The molecule has 0 aliphatic heterocycles. The van der Waals surface area contributed by atoms with E-state index in [1.807, 2.05) is 12.1 Å². The first-order chi connectivity index (χ1) is 8.63. The van der Waals surface area contributed by atoms with E-state index in [1.54, 1.807) is 16.8 Å². The van der Waals surface area contributed by atoms with Crippen molar-refractivity contribution in [1.29, 1.82) is 0 Å². The zero-order valence-electron chi connectivity index (χ0n) is 9.94. The van der Waals surface area contributed by atoms with Gasteiger partial charge in [0.25, 0.3) is 0 Å². The van der Waals surface area contributed by atoms with Gasteiger partial charge in [0.2, 0.25) is 0 Å². The Labute approximate surface area is 111 Å². The van der Waals surface area contributed by atoms with Crippen LogP contribution in [0.25, 0.3) is 5.69 Å². The topological polar surface area (TPSA) is 95.9 Å². The van der Waals surface area contributed by atoms with Crippen LogP contribution in [0.15, 0.2) is 24.3 Å². The molecule has 96 valence electrons. The Bertz CT molecular complexity index is 532. The molecule has 1 heterocycles. The molecule has 0 aliphatic carbocycles. The lowest BCUT2D eigenvalue weighted by molar-refractivity contribution is 0.835. The third kappa shape index (κ3) is 2.42. The Morgan fingerprint density at radius 3 is 2.44 bits per heavy atom. The van der Waals surface area contributed by atoms with Crippen molar-refractivity contribution in [2.24, 2.45) is 5.73 Å². The van der Waals surface area contributed by atoms with Gasteiger partial charge in [-0.25, -0.2) is 4.68 Å². The van der Waals surface area contributed by atoms with Gasteiger partial charge < -0.3 is 17.2 Å². The number of nitrogens with two attached hydrogens (primary N) is 3. The van der Waals surface area contributed by atoms with Crippen molar-refractivity contribution in [2.75, 3.05) is 18.0 Å². The third-order valence-corrected chi connectivity index (χ3v) is 3.01. The summed E-state index contributed by atoms with van der Waals surface area (Å²) < 4.78 is 1.62. The molecule has 0 saturated carbocycles. The molecule has 0 atom stereocenters. The first-order valence-corrected chi connectivity index (χ1v) is 6.10. The maximum absolute atomic E-state index is 6.06. The molecule has 2 rings (SSSR count). The molecule has 5 nitrogen and oxygen atoms in total. The van der Waals surface area contributed by atoms with Crippen LogP contribution in [-0.2, 0) is 6.42 Å². The van der Waals surface area contributed by atoms with Gasteiger partial charge in [-0.1, -0.05) is 11.6 Å². The van der Waals surface area contributed by atoms with Crippen LogP contribution in [0.4, 0.5) is 11.6 Å². The van der Waals surface area contributed by atoms with Crippen molar-refractivity contribution in [3.63, 3.8) is 0 Å². The Morgan fingerprint density at radius 1 is 1.17 bits per heavy atom. The Hall–Kier alpha value is -1.72. The zero-order valence-corrected chi connectivity index (χ0v) is 10.7. The van der Waals surface area contributed by atoms with Gasteiger partial charge in [0.1, 0.15) is 5.82 Å². The van der Waals surface area contributed by atoms with Crippen LogP contribution < -0.4 is 17.2 Å². The van der Waals surface area contributed by atoms with E-state index in [-0.39, 0.29) is 0 Å². The number of hydrogen-bond donors (Lipinski definition) is 3. The van der Waals surface area contributed by atoms with E-state index in [1.165, 1.54) is 0 Å². The van der Waals surface area contributed by atoms with Gasteiger partial charge in [0.15, 0.2) is 5.82 Å². The van der Waals surface area contributed by atoms with Crippen LogP contribution in [0, 0.1) is 0 Å². The molecule has 0 fully saturated rings.